The number of carbonyl (C=O) groups is 3. The van der Waals surface area contributed by atoms with Gasteiger partial charge in [0.25, 0.3) is 5.69 Å². The van der Waals surface area contributed by atoms with Gasteiger partial charge in [-0.2, -0.15) is 0 Å². The van der Waals surface area contributed by atoms with Crippen LogP contribution in [0.2, 0.25) is 0 Å². The largest absolute Gasteiger partial charge is 0.494 e. The molecule has 2 rings (SSSR count). The Morgan fingerprint density at radius 1 is 1.17 bits per heavy atom. The normalized spacial score (nSPS) is 10.1. The maximum Gasteiger partial charge on any atom is 0.325 e. The molecule has 0 saturated carbocycles. The highest BCUT2D eigenvalue weighted by Gasteiger charge is 2.19. The van der Waals surface area contributed by atoms with Gasteiger partial charge in [0.15, 0.2) is 6.29 Å². The average Bonchev–Trinajstić information content (AvgIpc) is 2.74. The third kappa shape index (κ3) is 6.13. The van der Waals surface area contributed by atoms with Crippen molar-refractivity contribution in [2.75, 3.05) is 25.2 Å². The van der Waals surface area contributed by atoms with Crippen molar-refractivity contribution in [3.8, 4) is 5.75 Å². The molecule has 0 aromatic heterocycles. The third-order valence-electron chi connectivity index (χ3n) is 4.01. The zero-order chi connectivity index (χ0) is 21.2. The molecule has 9 nitrogen and oxygen atoms in total. The molecule has 0 bridgehead atoms. The predicted molar refractivity (Wildman–Crippen MR) is 104 cm³/mol. The first-order chi connectivity index (χ1) is 14.0. The molecule has 2 aromatic carbocycles. The second-order valence-corrected chi connectivity index (χ2v) is 5.94. The van der Waals surface area contributed by atoms with E-state index in [1.165, 1.54) is 30.2 Å². The van der Waals surface area contributed by atoms with Crippen molar-refractivity contribution in [3.05, 3.63) is 64.2 Å². The van der Waals surface area contributed by atoms with Crippen molar-refractivity contribution in [2.45, 2.75) is 12.8 Å². The van der Waals surface area contributed by atoms with E-state index in [2.05, 4.69) is 4.74 Å². The number of amides is 1. The topological polar surface area (TPSA) is 116 Å². The maximum atomic E-state index is 12.6. The van der Waals surface area contributed by atoms with Crippen molar-refractivity contribution in [1.82, 2.24) is 0 Å². The summed E-state index contributed by atoms with van der Waals surface area (Å²) in [6.45, 7) is -0.0477. The maximum absolute atomic E-state index is 12.6. The number of nitrogens with zero attached hydrogens (tertiary/aromatic N) is 2. The van der Waals surface area contributed by atoms with Gasteiger partial charge in [-0.1, -0.05) is 18.2 Å². The van der Waals surface area contributed by atoms with Gasteiger partial charge in [0.1, 0.15) is 12.3 Å². The summed E-state index contributed by atoms with van der Waals surface area (Å²) in [7, 11) is 1.25. The summed E-state index contributed by atoms with van der Waals surface area (Å²) in [5.41, 5.74) is 0.190. The molecular weight excluding hydrogens is 380 g/mol. The summed E-state index contributed by atoms with van der Waals surface area (Å²) in [5, 5.41) is 10.8. The van der Waals surface area contributed by atoms with Crippen LogP contribution in [0.5, 0.6) is 5.75 Å². The van der Waals surface area contributed by atoms with Crippen LogP contribution in [0.3, 0.4) is 0 Å². The minimum atomic E-state index is -0.647. The third-order valence-corrected chi connectivity index (χ3v) is 4.01. The van der Waals surface area contributed by atoms with Gasteiger partial charge < -0.3 is 14.4 Å². The number of carbonyl (C=O) groups excluding carboxylic acids is 3. The Kier molecular flexibility index (Phi) is 7.84. The van der Waals surface area contributed by atoms with Crippen LogP contribution in [-0.2, 0) is 14.3 Å². The van der Waals surface area contributed by atoms with Gasteiger partial charge in [0.05, 0.1) is 24.2 Å². The zero-order valence-electron chi connectivity index (χ0n) is 15.8. The first-order valence-electron chi connectivity index (χ1n) is 8.75. The van der Waals surface area contributed by atoms with Crippen LogP contribution in [0.15, 0.2) is 48.5 Å². The Morgan fingerprint density at radius 3 is 2.52 bits per heavy atom. The smallest absolute Gasteiger partial charge is 0.325 e. The van der Waals surface area contributed by atoms with Gasteiger partial charge in [-0.3, -0.25) is 24.5 Å². The number of hydrogen-bond acceptors (Lipinski definition) is 7. The highest BCUT2D eigenvalue weighted by atomic mass is 16.6. The minimum Gasteiger partial charge on any atom is -0.494 e. The second kappa shape index (κ2) is 10.5. The zero-order valence-corrected chi connectivity index (χ0v) is 15.8. The van der Waals surface area contributed by atoms with Gasteiger partial charge in [-0.25, -0.2) is 0 Å². The lowest BCUT2D eigenvalue weighted by Crippen LogP contribution is -2.36. The molecule has 0 aliphatic heterocycles. The molecule has 0 heterocycles. The highest BCUT2D eigenvalue weighted by Crippen LogP contribution is 2.23. The molecule has 0 radical (unpaired) electrons. The summed E-state index contributed by atoms with van der Waals surface area (Å²) in [6, 6.07) is 12.6. The van der Waals surface area contributed by atoms with E-state index in [0.29, 0.717) is 24.1 Å². The summed E-state index contributed by atoms with van der Waals surface area (Å²) >= 11 is 0. The molecule has 0 atom stereocenters. The SMILES string of the molecule is COC(=O)CN(C(=O)CCCOc1ccc([N+](=O)[O-])c(C=O)c1)c1ccccc1. The van der Waals surface area contributed by atoms with Crippen LogP contribution < -0.4 is 9.64 Å². The Hall–Kier alpha value is -3.75. The van der Waals surface area contributed by atoms with Gasteiger partial charge in [-0.15, -0.1) is 0 Å². The minimum absolute atomic E-state index is 0.0862. The van der Waals surface area contributed by atoms with E-state index in [1.54, 1.807) is 30.3 Å². The van der Waals surface area contributed by atoms with Crippen LogP contribution in [0.1, 0.15) is 23.2 Å². The van der Waals surface area contributed by atoms with E-state index < -0.39 is 10.9 Å². The number of nitro groups is 1. The Bertz CT molecular complexity index is 884. The van der Waals surface area contributed by atoms with Crippen molar-refractivity contribution in [2.24, 2.45) is 0 Å². The average molecular weight is 400 g/mol. The quantitative estimate of drug-likeness (QED) is 0.198. The molecule has 0 spiro atoms. The van der Waals surface area contributed by atoms with Gasteiger partial charge >= 0.3 is 5.97 Å². The Balaban J connectivity index is 1.94. The van der Waals surface area contributed by atoms with E-state index in [0.717, 1.165) is 0 Å². The van der Waals surface area contributed by atoms with Crippen LogP contribution >= 0.6 is 0 Å². The standard InChI is InChI=1S/C20H20N2O7/c1-28-20(25)13-21(16-6-3-2-4-7-16)19(24)8-5-11-29-17-9-10-18(22(26)27)15(12-17)14-23/h2-4,6-7,9-10,12,14H,5,8,11,13H2,1H3. The van der Waals surface area contributed by atoms with Crippen LogP contribution in [-0.4, -0.2) is 43.3 Å². The lowest BCUT2D eigenvalue weighted by Gasteiger charge is -2.21. The van der Waals surface area contributed by atoms with E-state index in [1.807, 2.05) is 0 Å². The number of benzene rings is 2. The molecule has 0 N–H and O–H groups in total. The molecule has 0 unspecified atom stereocenters. The number of nitro benzene ring substituents is 1. The number of hydrogen-bond donors (Lipinski definition) is 0. The van der Waals surface area contributed by atoms with Crippen molar-refractivity contribution in [1.29, 1.82) is 0 Å². The van der Waals surface area contributed by atoms with E-state index >= 15 is 0 Å². The van der Waals surface area contributed by atoms with Crippen LogP contribution in [0, 0.1) is 10.1 Å². The fraction of sp³-hybridized carbons (Fsp3) is 0.250. The number of anilines is 1. The van der Waals surface area contributed by atoms with E-state index in [4.69, 9.17) is 4.74 Å². The molecule has 0 aliphatic carbocycles. The fourth-order valence-electron chi connectivity index (χ4n) is 2.56. The molecule has 0 aliphatic rings. The Morgan fingerprint density at radius 2 is 1.90 bits per heavy atom. The first kappa shape index (κ1) is 21.5. The van der Waals surface area contributed by atoms with E-state index in [9.17, 15) is 24.5 Å². The molecule has 0 saturated heterocycles. The molecule has 29 heavy (non-hydrogen) atoms. The predicted octanol–water partition coefficient (Wildman–Crippen LogP) is 2.77. The summed E-state index contributed by atoms with van der Waals surface area (Å²) in [5.74, 6) is -0.521. The lowest BCUT2D eigenvalue weighted by atomic mass is 10.2. The molecule has 1 amide bonds. The number of ether oxygens (including phenoxy) is 2. The van der Waals surface area contributed by atoms with Crippen molar-refractivity contribution >= 4 is 29.5 Å². The van der Waals surface area contributed by atoms with Crippen molar-refractivity contribution in [3.63, 3.8) is 0 Å². The monoisotopic (exact) mass is 400 g/mol. The molecule has 0 fully saturated rings. The number of rotatable bonds is 10. The number of methoxy groups -OCH3 is 1. The van der Waals surface area contributed by atoms with Gasteiger partial charge in [0, 0.05) is 18.2 Å². The summed E-state index contributed by atoms with van der Waals surface area (Å²) < 4.78 is 10.1. The van der Waals surface area contributed by atoms with Crippen molar-refractivity contribution < 1.29 is 28.8 Å². The second-order valence-electron chi connectivity index (χ2n) is 5.94. The number of esters is 1. The first-order valence-corrected chi connectivity index (χ1v) is 8.75. The summed E-state index contributed by atoms with van der Waals surface area (Å²) in [4.78, 5) is 46.7. The molecule has 152 valence electrons. The summed E-state index contributed by atoms with van der Waals surface area (Å²) in [6.07, 6.45) is 0.842. The Labute approximate surface area is 167 Å². The number of para-hydroxylation sites is 1. The fourth-order valence-corrected chi connectivity index (χ4v) is 2.56. The van der Waals surface area contributed by atoms with Gasteiger partial charge in [0.2, 0.25) is 5.91 Å². The molecule has 2 aromatic rings. The molecule has 9 heteroatoms. The van der Waals surface area contributed by atoms with Crippen LogP contribution in [0.25, 0.3) is 0 Å². The number of aldehydes is 1. The molecular formula is C20H20N2O7. The lowest BCUT2D eigenvalue weighted by molar-refractivity contribution is -0.385. The highest BCUT2D eigenvalue weighted by molar-refractivity contribution is 5.97. The van der Waals surface area contributed by atoms with Gasteiger partial charge in [-0.05, 0) is 30.7 Å². The van der Waals surface area contributed by atoms with E-state index in [-0.39, 0.29) is 36.7 Å². The van der Waals surface area contributed by atoms with Crippen LogP contribution in [0.4, 0.5) is 11.4 Å².